The Kier molecular flexibility index (Phi) is 5.71. The van der Waals surface area contributed by atoms with Gasteiger partial charge >= 0.3 is 0 Å². The molecule has 0 saturated carbocycles. The number of amides is 1. The third kappa shape index (κ3) is 4.00. The average Bonchev–Trinajstić information content (AvgIpc) is 3.29. The van der Waals surface area contributed by atoms with Crippen LogP contribution in [-0.2, 0) is 22.5 Å². The van der Waals surface area contributed by atoms with Gasteiger partial charge in [-0.05, 0) is 43.5 Å². The molecule has 0 aliphatic carbocycles. The molecular weight excluding hydrogens is 362 g/mol. The summed E-state index contributed by atoms with van der Waals surface area (Å²) in [6.45, 7) is 9.46. The number of morpholine rings is 1. The van der Waals surface area contributed by atoms with E-state index in [2.05, 4.69) is 22.5 Å². The lowest BCUT2D eigenvalue weighted by molar-refractivity contribution is -0.129. The van der Waals surface area contributed by atoms with Crippen LogP contribution < -0.4 is 0 Å². The van der Waals surface area contributed by atoms with E-state index in [1.807, 2.05) is 17.0 Å². The fourth-order valence-electron chi connectivity index (χ4n) is 4.33. The van der Waals surface area contributed by atoms with E-state index in [1.54, 1.807) is 0 Å². The summed E-state index contributed by atoms with van der Waals surface area (Å²) >= 11 is 6.29. The molecule has 0 spiro atoms. The lowest BCUT2D eigenvalue weighted by Crippen LogP contribution is -2.38. The van der Waals surface area contributed by atoms with Crippen molar-refractivity contribution < 1.29 is 9.53 Å². The minimum absolute atomic E-state index is 0.239. The smallest absolute Gasteiger partial charge is 0.227 e. The summed E-state index contributed by atoms with van der Waals surface area (Å²) in [5.74, 6) is 0.239. The molecule has 6 heteroatoms. The highest BCUT2D eigenvalue weighted by Crippen LogP contribution is 2.29. The fraction of sp³-hybridized carbons (Fsp3) is 0.571. The van der Waals surface area contributed by atoms with Crippen molar-refractivity contribution in [1.82, 2.24) is 14.4 Å². The molecule has 0 bridgehead atoms. The molecule has 2 aliphatic rings. The molecule has 146 valence electrons. The Morgan fingerprint density at radius 3 is 2.59 bits per heavy atom. The Morgan fingerprint density at radius 2 is 1.85 bits per heavy atom. The number of benzene rings is 1. The van der Waals surface area contributed by atoms with Gasteiger partial charge in [-0.3, -0.25) is 9.69 Å². The molecule has 1 aromatic carbocycles. The number of likely N-dealkylation sites (tertiary alicyclic amines) is 1. The van der Waals surface area contributed by atoms with Crippen LogP contribution >= 0.6 is 11.6 Å². The second-order valence-corrected chi connectivity index (χ2v) is 8.03. The molecule has 2 aliphatic heterocycles. The van der Waals surface area contributed by atoms with Gasteiger partial charge < -0.3 is 14.2 Å². The van der Waals surface area contributed by atoms with Crippen LogP contribution in [0.5, 0.6) is 0 Å². The van der Waals surface area contributed by atoms with Crippen molar-refractivity contribution in [3.05, 3.63) is 34.5 Å². The van der Waals surface area contributed by atoms with Crippen molar-refractivity contribution in [2.45, 2.75) is 32.7 Å². The zero-order chi connectivity index (χ0) is 18.8. The Morgan fingerprint density at radius 1 is 1.11 bits per heavy atom. The summed E-state index contributed by atoms with van der Waals surface area (Å²) in [6, 6.07) is 6.05. The van der Waals surface area contributed by atoms with Crippen molar-refractivity contribution in [3.63, 3.8) is 0 Å². The molecule has 2 aromatic rings. The number of fused-ring (bicyclic) bond motifs is 1. The monoisotopic (exact) mass is 389 g/mol. The minimum Gasteiger partial charge on any atom is -0.379 e. The van der Waals surface area contributed by atoms with E-state index in [4.69, 9.17) is 16.3 Å². The van der Waals surface area contributed by atoms with E-state index in [-0.39, 0.29) is 5.91 Å². The molecule has 3 heterocycles. The van der Waals surface area contributed by atoms with Gasteiger partial charge in [-0.25, -0.2) is 0 Å². The van der Waals surface area contributed by atoms with Crippen molar-refractivity contribution in [3.8, 4) is 0 Å². The number of hydrogen-bond acceptors (Lipinski definition) is 3. The second-order valence-electron chi connectivity index (χ2n) is 7.60. The van der Waals surface area contributed by atoms with Crippen LogP contribution in [-0.4, -0.2) is 66.2 Å². The largest absolute Gasteiger partial charge is 0.379 e. The Balaban J connectivity index is 1.60. The Bertz CT molecular complexity index is 820. The summed E-state index contributed by atoms with van der Waals surface area (Å²) < 4.78 is 7.81. The Labute approximate surface area is 165 Å². The molecule has 1 aromatic heterocycles. The highest BCUT2D eigenvalue weighted by Gasteiger charge is 2.22. The second kappa shape index (κ2) is 8.21. The molecule has 0 unspecified atom stereocenters. The molecule has 0 N–H and O–H groups in total. The molecule has 2 saturated heterocycles. The van der Waals surface area contributed by atoms with E-state index in [0.717, 1.165) is 81.3 Å². The lowest BCUT2D eigenvalue weighted by atomic mass is 10.1. The van der Waals surface area contributed by atoms with Gasteiger partial charge in [-0.1, -0.05) is 11.6 Å². The van der Waals surface area contributed by atoms with Gasteiger partial charge in [0.25, 0.3) is 0 Å². The van der Waals surface area contributed by atoms with Crippen LogP contribution in [0.1, 0.15) is 24.1 Å². The van der Waals surface area contributed by atoms with E-state index in [1.165, 1.54) is 11.2 Å². The standard InChI is InChI=1S/C21H28ClN3O2/c1-16-18(15-21(26)24-6-2-3-7-24)19-14-17(22)4-5-20(19)25(16)9-8-23-10-12-27-13-11-23/h4-5,14H,2-3,6-13,15H2,1H3. The zero-order valence-electron chi connectivity index (χ0n) is 16.0. The van der Waals surface area contributed by atoms with Crippen LogP contribution in [0.4, 0.5) is 0 Å². The van der Waals surface area contributed by atoms with Gasteiger partial charge in [0.15, 0.2) is 0 Å². The third-order valence-electron chi connectivity index (χ3n) is 5.95. The highest BCUT2D eigenvalue weighted by molar-refractivity contribution is 6.31. The van der Waals surface area contributed by atoms with Crippen LogP contribution in [0.2, 0.25) is 5.02 Å². The first-order valence-electron chi connectivity index (χ1n) is 9.98. The molecule has 4 rings (SSSR count). The number of nitrogens with zero attached hydrogens (tertiary/aromatic N) is 3. The summed E-state index contributed by atoms with van der Waals surface area (Å²) in [4.78, 5) is 17.2. The number of ether oxygens (including phenoxy) is 1. The van der Waals surface area contributed by atoms with Crippen molar-refractivity contribution in [1.29, 1.82) is 0 Å². The summed E-state index contributed by atoms with van der Waals surface area (Å²) in [6.07, 6.45) is 2.71. The van der Waals surface area contributed by atoms with Crippen molar-refractivity contribution in [2.24, 2.45) is 0 Å². The summed E-state index contributed by atoms with van der Waals surface area (Å²) in [5.41, 5.74) is 3.49. The van der Waals surface area contributed by atoms with Crippen molar-refractivity contribution >= 4 is 28.4 Å². The minimum atomic E-state index is 0.239. The predicted octanol–water partition coefficient (Wildman–Crippen LogP) is 3.10. The van der Waals surface area contributed by atoms with Gasteiger partial charge in [0.1, 0.15) is 0 Å². The number of halogens is 1. The molecule has 27 heavy (non-hydrogen) atoms. The number of rotatable bonds is 5. The topological polar surface area (TPSA) is 37.7 Å². The van der Waals surface area contributed by atoms with Crippen LogP contribution in [0.25, 0.3) is 10.9 Å². The van der Waals surface area contributed by atoms with Gasteiger partial charge in [0, 0.05) is 60.9 Å². The average molecular weight is 390 g/mol. The van der Waals surface area contributed by atoms with Crippen molar-refractivity contribution in [2.75, 3.05) is 45.9 Å². The summed E-state index contributed by atoms with van der Waals surface area (Å²) in [5, 5.41) is 1.84. The maximum Gasteiger partial charge on any atom is 0.227 e. The first-order valence-corrected chi connectivity index (χ1v) is 10.4. The maximum atomic E-state index is 12.8. The molecule has 5 nitrogen and oxygen atoms in total. The normalized spacial score (nSPS) is 18.5. The zero-order valence-corrected chi connectivity index (χ0v) is 16.8. The third-order valence-corrected chi connectivity index (χ3v) is 6.18. The first kappa shape index (κ1) is 18.8. The SMILES string of the molecule is Cc1c(CC(=O)N2CCCC2)c2cc(Cl)ccc2n1CCN1CCOCC1. The summed E-state index contributed by atoms with van der Waals surface area (Å²) in [7, 11) is 0. The van der Waals surface area contributed by atoms with E-state index >= 15 is 0 Å². The number of carbonyl (C=O) groups excluding carboxylic acids is 1. The van der Waals surface area contributed by atoms with Crippen LogP contribution in [0.3, 0.4) is 0 Å². The van der Waals surface area contributed by atoms with Gasteiger partial charge in [0.2, 0.25) is 5.91 Å². The number of hydrogen-bond donors (Lipinski definition) is 0. The molecular formula is C21H28ClN3O2. The lowest BCUT2D eigenvalue weighted by Gasteiger charge is -2.27. The predicted molar refractivity (Wildman–Crippen MR) is 108 cm³/mol. The molecule has 2 fully saturated rings. The van der Waals surface area contributed by atoms with E-state index < -0.39 is 0 Å². The Hall–Kier alpha value is -1.56. The quantitative estimate of drug-likeness (QED) is 0.788. The molecule has 0 atom stereocenters. The number of aromatic nitrogens is 1. The maximum absolute atomic E-state index is 12.8. The van der Waals surface area contributed by atoms with E-state index in [9.17, 15) is 4.79 Å². The molecule has 0 radical (unpaired) electrons. The van der Waals surface area contributed by atoms with Gasteiger partial charge in [-0.15, -0.1) is 0 Å². The van der Waals surface area contributed by atoms with Crippen LogP contribution in [0, 0.1) is 6.92 Å². The fourth-order valence-corrected chi connectivity index (χ4v) is 4.50. The molecule has 1 amide bonds. The van der Waals surface area contributed by atoms with Gasteiger partial charge in [0.05, 0.1) is 19.6 Å². The highest BCUT2D eigenvalue weighted by atomic mass is 35.5. The van der Waals surface area contributed by atoms with E-state index in [0.29, 0.717) is 6.42 Å². The van der Waals surface area contributed by atoms with Crippen LogP contribution in [0.15, 0.2) is 18.2 Å². The van der Waals surface area contributed by atoms with Gasteiger partial charge in [-0.2, -0.15) is 0 Å². The number of carbonyl (C=O) groups is 1. The first-order chi connectivity index (χ1) is 13.1.